The second-order valence-electron chi connectivity index (χ2n) is 11.8. The van der Waals surface area contributed by atoms with Crippen molar-refractivity contribution in [2.24, 2.45) is 11.8 Å². The smallest absolute Gasteiger partial charge is 0.312 e. The molecular weight excluding hydrogens is 600 g/mol. The fourth-order valence-corrected chi connectivity index (χ4v) is 7.86. The van der Waals surface area contributed by atoms with Gasteiger partial charge in [-0.2, -0.15) is 0 Å². The number of aliphatic hydroxyl groups is 1. The number of rotatable bonds is 16. The van der Waals surface area contributed by atoms with Crippen molar-refractivity contribution in [3.8, 4) is 0 Å². The topological polar surface area (TPSA) is 96.4 Å². The van der Waals surface area contributed by atoms with Gasteiger partial charge in [-0.25, -0.2) is 0 Å². The van der Waals surface area contributed by atoms with E-state index in [-0.39, 0.29) is 36.4 Å². The summed E-state index contributed by atoms with van der Waals surface area (Å²) in [6, 6.07) is 5.09. The maximum Gasteiger partial charge on any atom is 0.312 e. The van der Waals surface area contributed by atoms with Crippen LogP contribution in [0.4, 0.5) is 5.69 Å². The minimum Gasteiger partial charge on any atom is -0.465 e. The first-order chi connectivity index (χ1) is 20.2. The lowest BCUT2D eigenvalue weighted by Crippen LogP contribution is -2.57. The first kappa shape index (κ1) is 32.4. The van der Waals surface area contributed by atoms with Crippen molar-refractivity contribution in [2.45, 2.75) is 87.8 Å². The zero-order chi connectivity index (χ0) is 30.4. The number of unbranched alkanes of at least 4 members (excludes halogenated alkanes) is 5. The van der Waals surface area contributed by atoms with Crippen LogP contribution in [0.1, 0.15) is 62.5 Å². The van der Waals surface area contributed by atoms with E-state index in [9.17, 15) is 19.5 Å². The number of likely N-dealkylation sites (tertiary alicyclic amines) is 1. The molecule has 1 N–H and O–H groups in total. The van der Waals surface area contributed by atoms with Gasteiger partial charge in [0.2, 0.25) is 5.91 Å². The van der Waals surface area contributed by atoms with Gasteiger partial charge < -0.3 is 24.4 Å². The number of alkyl halides is 1. The molecule has 1 aromatic rings. The molecule has 8 nitrogen and oxygen atoms in total. The minimum atomic E-state index is -1.14. The molecule has 3 saturated heterocycles. The number of fused-ring (bicyclic) bond motifs is 1. The Kier molecular flexibility index (Phi) is 11.1. The molecule has 1 spiro atoms. The number of nitrogens with zero attached hydrogens (tertiary/aromatic N) is 2. The number of allylic oxidation sites excluding steroid dienone is 1. The summed E-state index contributed by atoms with van der Waals surface area (Å²) in [5, 5.41) is 9.19. The lowest BCUT2D eigenvalue weighted by Gasteiger charge is -2.37. The number of aliphatic hydroxyl groups excluding tert-OH is 1. The van der Waals surface area contributed by atoms with Gasteiger partial charge in [0.15, 0.2) is 0 Å². The third-order valence-corrected chi connectivity index (χ3v) is 9.73. The third kappa shape index (κ3) is 6.24. The van der Waals surface area contributed by atoms with Crippen molar-refractivity contribution in [1.82, 2.24) is 4.90 Å². The number of carbonyl (C=O) groups excluding carboxylic acids is 3. The molecule has 3 unspecified atom stereocenters. The van der Waals surface area contributed by atoms with Crippen molar-refractivity contribution in [2.75, 3.05) is 31.2 Å². The summed E-state index contributed by atoms with van der Waals surface area (Å²) in [6.45, 7) is 12.6. The Morgan fingerprint density at radius 3 is 2.64 bits per heavy atom. The van der Waals surface area contributed by atoms with Crippen LogP contribution in [-0.2, 0) is 23.9 Å². The standard InChI is InChI=1S/C33H45BrN2O6/c1-5-7-8-13-19-41-32(40)26-27-30(38)36(17-11-9-10-12-18-37)29(33(27)21-24(34)28(26)42-33)31(39)35(16-6-2)25-20-22(3)14-15-23(25)4/h5-6,14-15,20,24,26-29,37H,1-2,7-13,16-19,21H2,3-4H3/t24?,26-,27-,28-,29?,33?/m0/s1. The molecule has 3 heterocycles. The van der Waals surface area contributed by atoms with Gasteiger partial charge in [-0.15, -0.1) is 13.2 Å². The second-order valence-corrected chi connectivity index (χ2v) is 13.0. The molecule has 1 aromatic carbocycles. The first-order valence-corrected chi connectivity index (χ1v) is 16.1. The summed E-state index contributed by atoms with van der Waals surface area (Å²) < 4.78 is 12.3. The summed E-state index contributed by atoms with van der Waals surface area (Å²) >= 11 is 3.73. The first-order valence-electron chi connectivity index (χ1n) is 15.2. The van der Waals surface area contributed by atoms with E-state index in [1.807, 2.05) is 38.1 Å². The Morgan fingerprint density at radius 1 is 1.17 bits per heavy atom. The maximum absolute atomic E-state index is 14.7. The zero-order valence-electron chi connectivity index (χ0n) is 24.9. The molecule has 0 aliphatic carbocycles. The van der Waals surface area contributed by atoms with Gasteiger partial charge in [-0.3, -0.25) is 14.4 Å². The average Bonchev–Trinajstić information content (AvgIpc) is 3.55. The summed E-state index contributed by atoms with van der Waals surface area (Å²) in [6.07, 6.45) is 8.89. The van der Waals surface area contributed by atoms with Crippen LogP contribution in [0, 0.1) is 25.7 Å². The number of anilines is 1. The number of halogens is 1. The molecule has 42 heavy (non-hydrogen) atoms. The predicted octanol–water partition coefficient (Wildman–Crippen LogP) is 5.02. The van der Waals surface area contributed by atoms with Gasteiger partial charge in [0, 0.05) is 30.2 Å². The molecule has 2 bridgehead atoms. The van der Waals surface area contributed by atoms with Crippen molar-refractivity contribution < 1.29 is 29.0 Å². The molecule has 0 aromatic heterocycles. The van der Waals surface area contributed by atoms with Crippen molar-refractivity contribution in [1.29, 1.82) is 0 Å². The molecule has 3 fully saturated rings. The lowest BCUT2D eigenvalue weighted by atomic mass is 9.70. The Labute approximate surface area is 258 Å². The Morgan fingerprint density at radius 2 is 1.93 bits per heavy atom. The number of ether oxygens (including phenoxy) is 2. The van der Waals surface area contributed by atoms with Crippen LogP contribution < -0.4 is 4.90 Å². The highest BCUT2D eigenvalue weighted by atomic mass is 79.9. The number of carbonyl (C=O) groups is 3. The number of hydrogen-bond acceptors (Lipinski definition) is 6. The quantitative estimate of drug-likeness (QED) is 0.117. The van der Waals surface area contributed by atoms with E-state index in [2.05, 4.69) is 29.1 Å². The monoisotopic (exact) mass is 644 g/mol. The summed E-state index contributed by atoms with van der Waals surface area (Å²) in [4.78, 5) is 45.7. The van der Waals surface area contributed by atoms with E-state index >= 15 is 0 Å². The van der Waals surface area contributed by atoms with Crippen LogP contribution in [0.5, 0.6) is 0 Å². The average molecular weight is 646 g/mol. The van der Waals surface area contributed by atoms with Crippen LogP contribution in [0.3, 0.4) is 0 Å². The Balaban J connectivity index is 1.68. The van der Waals surface area contributed by atoms with Gasteiger partial charge >= 0.3 is 5.97 Å². The zero-order valence-corrected chi connectivity index (χ0v) is 26.5. The van der Waals surface area contributed by atoms with Crippen LogP contribution in [0.15, 0.2) is 43.5 Å². The molecule has 2 amide bonds. The highest BCUT2D eigenvalue weighted by Crippen LogP contribution is 2.60. The number of benzene rings is 1. The molecule has 3 aliphatic rings. The summed E-state index contributed by atoms with van der Waals surface area (Å²) in [5.41, 5.74) is 1.60. The minimum absolute atomic E-state index is 0.126. The fraction of sp³-hybridized carbons (Fsp3) is 0.606. The van der Waals surface area contributed by atoms with Gasteiger partial charge in [0.25, 0.3) is 5.91 Å². The van der Waals surface area contributed by atoms with E-state index in [4.69, 9.17) is 9.47 Å². The van der Waals surface area contributed by atoms with Gasteiger partial charge in [-0.1, -0.05) is 53.1 Å². The Bertz CT molecular complexity index is 1170. The van der Waals surface area contributed by atoms with Crippen LogP contribution in [0.25, 0.3) is 0 Å². The highest BCUT2D eigenvalue weighted by Gasteiger charge is 2.77. The van der Waals surface area contributed by atoms with E-state index in [1.165, 1.54) is 0 Å². The van der Waals surface area contributed by atoms with Crippen LogP contribution in [0.2, 0.25) is 0 Å². The third-order valence-electron chi connectivity index (χ3n) is 8.88. The molecule has 3 aliphatic heterocycles. The van der Waals surface area contributed by atoms with Crippen molar-refractivity contribution in [3.63, 3.8) is 0 Å². The second kappa shape index (κ2) is 14.3. The van der Waals surface area contributed by atoms with Gasteiger partial charge in [0.1, 0.15) is 11.6 Å². The maximum atomic E-state index is 14.7. The lowest BCUT2D eigenvalue weighted by molar-refractivity contribution is -0.155. The molecule has 0 radical (unpaired) electrons. The molecule has 230 valence electrons. The molecule has 6 atom stereocenters. The number of amides is 2. The molecule has 9 heteroatoms. The van der Waals surface area contributed by atoms with Gasteiger partial charge in [0.05, 0.1) is 24.5 Å². The fourth-order valence-electron chi connectivity index (χ4n) is 6.92. The molecular formula is C33H45BrN2O6. The van der Waals surface area contributed by atoms with E-state index < -0.39 is 35.6 Å². The SMILES string of the molecule is C=CCCCCOC(=O)[C@H]1[C@H]2C(=O)N(CCCCCCO)C(C(=O)N(CC=C)c3cc(C)ccc3C)C23CC(Br)[C@@H]1O3. The predicted molar refractivity (Wildman–Crippen MR) is 166 cm³/mol. The number of hydrogen-bond donors (Lipinski definition) is 1. The number of aryl methyl sites for hydroxylation is 2. The van der Waals surface area contributed by atoms with Crippen LogP contribution in [-0.4, -0.2) is 76.7 Å². The van der Waals surface area contributed by atoms with Crippen molar-refractivity contribution in [3.05, 3.63) is 54.6 Å². The van der Waals surface area contributed by atoms with E-state index in [0.717, 1.165) is 42.5 Å². The van der Waals surface area contributed by atoms with E-state index in [1.54, 1.807) is 15.9 Å². The van der Waals surface area contributed by atoms with Crippen molar-refractivity contribution >= 4 is 39.4 Å². The molecule has 0 saturated carbocycles. The molecule has 4 rings (SSSR count). The highest BCUT2D eigenvalue weighted by molar-refractivity contribution is 9.09. The Hall–Kier alpha value is -2.49. The number of esters is 1. The van der Waals surface area contributed by atoms with Gasteiger partial charge in [-0.05, 0) is 69.6 Å². The summed E-state index contributed by atoms with van der Waals surface area (Å²) in [7, 11) is 0. The largest absolute Gasteiger partial charge is 0.465 e. The normalized spacial score (nSPS) is 27.7. The summed E-state index contributed by atoms with van der Waals surface area (Å²) in [5.74, 6) is -2.44. The van der Waals surface area contributed by atoms with E-state index in [0.29, 0.717) is 32.2 Å². The van der Waals surface area contributed by atoms with Crippen LogP contribution >= 0.6 is 15.9 Å².